The highest BCUT2D eigenvalue weighted by Gasteiger charge is 2.32. The van der Waals surface area contributed by atoms with Gasteiger partial charge in [0.15, 0.2) is 0 Å². The topological polar surface area (TPSA) is 50.1 Å². The normalized spacial score (nSPS) is 14.1. The van der Waals surface area contributed by atoms with Crippen molar-refractivity contribution in [3.05, 3.63) is 52.8 Å². The monoisotopic (exact) mass is 287 g/mol. The minimum Gasteiger partial charge on any atom is -0.394 e. The predicted octanol–water partition coefficient (Wildman–Crippen LogP) is 2.31. The lowest BCUT2D eigenvalue weighted by atomic mass is 9.90. The fourth-order valence-electron chi connectivity index (χ4n) is 2.74. The van der Waals surface area contributed by atoms with E-state index in [2.05, 4.69) is 43.3 Å². The van der Waals surface area contributed by atoms with Crippen LogP contribution in [0.3, 0.4) is 0 Å². The molecule has 1 unspecified atom stereocenters. The molecule has 0 fully saturated rings. The Morgan fingerprint density at radius 1 is 1.19 bits per heavy atom. The van der Waals surface area contributed by atoms with Crippen molar-refractivity contribution < 1.29 is 5.11 Å². The van der Waals surface area contributed by atoms with E-state index in [0.29, 0.717) is 6.54 Å². The molecule has 2 aromatic rings. The number of hydrogen-bond acceptors (Lipinski definition) is 3. The van der Waals surface area contributed by atoms with Gasteiger partial charge in [-0.25, -0.2) is 0 Å². The second-order valence-corrected chi connectivity index (χ2v) is 5.59. The maximum atomic E-state index is 10.1. The number of nitrogens with one attached hydrogen (secondary N) is 1. The van der Waals surface area contributed by atoms with Crippen LogP contribution in [0.5, 0.6) is 0 Å². The third-order valence-corrected chi connectivity index (χ3v) is 4.27. The first-order valence-electron chi connectivity index (χ1n) is 7.46. The summed E-state index contributed by atoms with van der Waals surface area (Å²) in [5, 5.41) is 18.2. The molecule has 114 valence electrons. The van der Waals surface area contributed by atoms with Crippen LogP contribution >= 0.6 is 0 Å². The molecule has 1 aromatic carbocycles. The van der Waals surface area contributed by atoms with E-state index >= 15 is 0 Å². The molecule has 4 nitrogen and oxygen atoms in total. The summed E-state index contributed by atoms with van der Waals surface area (Å²) in [4.78, 5) is 0. The molecule has 0 bridgehead atoms. The lowest BCUT2D eigenvalue weighted by molar-refractivity contribution is 0.139. The molecule has 2 N–H and O–H groups in total. The lowest BCUT2D eigenvalue weighted by Crippen LogP contribution is -2.49. The molecule has 0 aliphatic heterocycles. The molecule has 21 heavy (non-hydrogen) atoms. The largest absolute Gasteiger partial charge is 0.394 e. The molecule has 0 aliphatic carbocycles. The Morgan fingerprint density at radius 3 is 2.33 bits per heavy atom. The maximum absolute atomic E-state index is 10.1. The fraction of sp³-hybridized carbons (Fsp3) is 0.471. The van der Waals surface area contributed by atoms with E-state index in [1.807, 2.05) is 29.8 Å². The van der Waals surface area contributed by atoms with Crippen LogP contribution in [-0.2, 0) is 12.1 Å². The second kappa shape index (κ2) is 6.41. The number of likely N-dealkylation sites (N-methyl/N-ethyl adjacent to an activating group) is 1. The predicted molar refractivity (Wildman–Crippen MR) is 85.3 cm³/mol. The Morgan fingerprint density at radius 2 is 1.86 bits per heavy atom. The zero-order chi connectivity index (χ0) is 15.5. The van der Waals surface area contributed by atoms with Gasteiger partial charge in [0.05, 0.1) is 24.4 Å². The van der Waals surface area contributed by atoms with Gasteiger partial charge in [-0.2, -0.15) is 5.10 Å². The van der Waals surface area contributed by atoms with Crippen LogP contribution in [0.2, 0.25) is 0 Å². The number of aliphatic hydroxyl groups is 1. The highest BCUT2D eigenvalue weighted by atomic mass is 16.3. The molecular formula is C17H25N3O. The van der Waals surface area contributed by atoms with E-state index in [1.54, 1.807) is 0 Å². The van der Waals surface area contributed by atoms with Crippen LogP contribution in [0.4, 0.5) is 0 Å². The van der Waals surface area contributed by atoms with Crippen molar-refractivity contribution in [3.8, 4) is 0 Å². The minimum absolute atomic E-state index is 0.0300. The van der Waals surface area contributed by atoms with Crippen LogP contribution in [0.15, 0.2) is 30.3 Å². The summed E-state index contributed by atoms with van der Waals surface area (Å²) in [6.07, 6.45) is 0. The van der Waals surface area contributed by atoms with Gasteiger partial charge in [-0.05, 0) is 38.4 Å². The van der Waals surface area contributed by atoms with Crippen LogP contribution in [0, 0.1) is 20.8 Å². The zero-order valence-corrected chi connectivity index (χ0v) is 13.3. The summed E-state index contributed by atoms with van der Waals surface area (Å²) in [7, 11) is 0. The van der Waals surface area contributed by atoms with E-state index in [4.69, 9.17) is 0 Å². The Bertz CT molecular complexity index is 592. The number of benzene rings is 1. The molecule has 0 saturated carbocycles. The molecule has 0 saturated heterocycles. The average Bonchev–Trinajstić information content (AvgIpc) is 2.75. The van der Waals surface area contributed by atoms with Gasteiger partial charge in [-0.15, -0.1) is 0 Å². The average molecular weight is 287 g/mol. The van der Waals surface area contributed by atoms with Crippen molar-refractivity contribution in [2.75, 3.05) is 13.2 Å². The minimum atomic E-state index is -0.508. The van der Waals surface area contributed by atoms with Gasteiger partial charge in [-0.3, -0.25) is 4.68 Å². The summed E-state index contributed by atoms with van der Waals surface area (Å²) in [5.74, 6) is 0. The molecule has 0 radical (unpaired) electrons. The van der Waals surface area contributed by atoms with Crippen LogP contribution in [0.1, 0.15) is 29.4 Å². The van der Waals surface area contributed by atoms with E-state index in [9.17, 15) is 5.11 Å². The highest BCUT2D eigenvalue weighted by Crippen LogP contribution is 2.24. The van der Waals surface area contributed by atoms with Gasteiger partial charge in [0, 0.05) is 5.69 Å². The third kappa shape index (κ3) is 3.01. The standard InChI is InChI=1S/C17H25N3O/c1-5-18-17(12-21,16-9-7-6-8-10-16)11-20-15(4)13(2)14(3)19-20/h6-10,18,21H,5,11-12H2,1-4H3. The quantitative estimate of drug-likeness (QED) is 0.857. The molecule has 0 amide bonds. The summed E-state index contributed by atoms with van der Waals surface area (Å²) in [6.45, 7) is 9.67. The highest BCUT2D eigenvalue weighted by molar-refractivity contribution is 5.27. The van der Waals surface area contributed by atoms with Crippen LogP contribution < -0.4 is 5.32 Å². The second-order valence-electron chi connectivity index (χ2n) is 5.59. The summed E-state index contributed by atoms with van der Waals surface area (Å²) in [5.41, 5.74) is 3.99. The molecule has 4 heteroatoms. The number of aryl methyl sites for hydroxylation is 1. The van der Waals surface area contributed by atoms with Gasteiger partial charge in [-0.1, -0.05) is 37.3 Å². The fourth-order valence-corrected chi connectivity index (χ4v) is 2.74. The molecule has 1 atom stereocenters. The van der Waals surface area contributed by atoms with E-state index in [-0.39, 0.29) is 6.61 Å². The molecule has 0 spiro atoms. The van der Waals surface area contributed by atoms with E-state index in [1.165, 1.54) is 5.56 Å². The SMILES string of the molecule is CCNC(CO)(Cn1nc(C)c(C)c1C)c1ccccc1. The first-order valence-corrected chi connectivity index (χ1v) is 7.46. The van der Waals surface area contributed by atoms with E-state index in [0.717, 1.165) is 23.5 Å². The first kappa shape index (κ1) is 15.7. The number of aliphatic hydroxyl groups excluding tert-OH is 1. The molecule has 1 heterocycles. The van der Waals surface area contributed by atoms with Crippen molar-refractivity contribution in [3.63, 3.8) is 0 Å². The molecule has 0 aliphatic rings. The first-order chi connectivity index (χ1) is 10.0. The lowest BCUT2D eigenvalue weighted by Gasteiger charge is -2.34. The Labute approximate surface area is 126 Å². The maximum Gasteiger partial charge on any atom is 0.0867 e. The van der Waals surface area contributed by atoms with Crippen molar-refractivity contribution >= 4 is 0 Å². The van der Waals surface area contributed by atoms with Gasteiger partial charge >= 0.3 is 0 Å². The zero-order valence-electron chi connectivity index (χ0n) is 13.3. The Balaban J connectivity index is 2.43. The van der Waals surface area contributed by atoms with Crippen molar-refractivity contribution in [1.29, 1.82) is 0 Å². The Kier molecular flexibility index (Phi) is 4.80. The van der Waals surface area contributed by atoms with Gasteiger partial charge < -0.3 is 10.4 Å². The van der Waals surface area contributed by atoms with Crippen LogP contribution in [0.25, 0.3) is 0 Å². The van der Waals surface area contributed by atoms with Gasteiger partial charge in [0.1, 0.15) is 0 Å². The molecule has 2 rings (SSSR count). The van der Waals surface area contributed by atoms with Crippen molar-refractivity contribution in [1.82, 2.24) is 15.1 Å². The summed E-state index contributed by atoms with van der Waals surface area (Å²) < 4.78 is 2.00. The van der Waals surface area contributed by atoms with Crippen LogP contribution in [-0.4, -0.2) is 28.0 Å². The smallest absolute Gasteiger partial charge is 0.0867 e. The third-order valence-electron chi connectivity index (χ3n) is 4.27. The number of aromatic nitrogens is 2. The molecule has 1 aromatic heterocycles. The number of rotatable bonds is 6. The van der Waals surface area contributed by atoms with Crippen molar-refractivity contribution in [2.45, 2.75) is 39.8 Å². The number of hydrogen-bond donors (Lipinski definition) is 2. The Hall–Kier alpha value is -1.65. The van der Waals surface area contributed by atoms with Gasteiger partial charge in [0.2, 0.25) is 0 Å². The van der Waals surface area contributed by atoms with Crippen molar-refractivity contribution in [2.24, 2.45) is 0 Å². The number of nitrogens with zero attached hydrogens (tertiary/aromatic N) is 2. The van der Waals surface area contributed by atoms with E-state index < -0.39 is 5.54 Å². The molecular weight excluding hydrogens is 262 g/mol. The summed E-state index contributed by atoms with van der Waals surface area (Å²) >= 11 is 0. The summed E-state index contributed by atoms with van der Waals surface area (Å²) in [6, 6.07) is 10.1. The van der Waals surface area contributed by atoms with Gasteiger partial charge in [0.25, 0.3) is 0 Å².